The van der Waals surface area contributed by atoms with E-state index in [9.17, 15) is 14.9 Å². The predicted octanol–water partition coefficient (Wildman–Crippen LogP) is 4.64. The molecule has 0 atom stereocenters. The molecule has 6 nitrogen and oxygen atoms in total. The molecule has 1 saturated heterocycles. The molecule has 1 heterocycles. The number of Topliss-reactive ketones (excluding diaryl/α,β-unsaturated/α-hetero) is 1. The molecular weight excluding hydrogens is 436 g/mol. The third kappa shape index (κ3) is 6.03. The summed E-state index contributed by atoms with van der Waals surface area (Å²) in [6, 6.07) is 29.8. The van der Waals surface area contributed by atoms with Gasteiger partial charge in [-0.1, -0.05) is 72.8 Å². The van der Waals surface area contributed by atoms with E-state index in [1.165, 1.54) is 18.1 Å². The maximum absolute atomic E-state index is 12.7. The minimum absolute atomic E-state index is 0.0364. The number of nitrogens with one attached hydrogen (secondary N) is 1. The summed E-state index contributed by atoms with van der Waals surface area (Å²) < 4.78 is 0. The van der Waals surface area contributed by atoms with Crippen LogP contribution in [0.5, 0.6) is 0 Å². The van der Waals surface area contributed by atoms with Crippen LogP contribution in [0.2, 0.25) is 0 Å². The lowest BCUT2D eigenvalue weighted by Gasteiger charge is -2.39. The number of amides is 1. The lowest BCUT2D eigenvalue weighted by atomic mass is 9.96. The predicted molar refractivity (Wildman–Crippen MR) is 137 cm³/mol. The first-order valence-electron chi connectivity index (χ1n) is 11.7. The molecule has 35 heavy (non-hydrogen) atoms. The summed E-state index contributed by atoms with van der Waals surface area (Å²) in [5.41, 5.74) is 3.52. The smallest absolute Gasteiger partial charge is 0.267 e. The zero-order valence-electron chi connectivity index (χ0n) is 19.7. The number of benzene rings is 3. The van der Waals surface area contributed by atoms with E-state index in [4.69, 9.17) is 0 Å². The zero-order valence-corrected chi connectivity index (χ0v) is 19.7. The summed E-state index contributed by atoms with van der Waals surface area (Å²) >= 11 is 0. The molecule has 3 aromatic carbocycles. The number of rotatable bonds is 7. The number of hydrogen-bond donors (Lipinski definition) is 1. The minimum atomic E-state index is -0.484. The van der Waals surface area contributed by atoms with Gasteiger partial charge in [-0.3, -0.25) is 14.5 Å². The number of nitrogens with zero attached hydrogens (tertiary/aromatic N) is 3. The number of carbonyl (C=O) groups excluding carboxylic acids is 2. The fourth-order valence-electron chi connectivity index (χ4n) is 4.34. The van der Waals surface area contributed by atoms with Gasteiger partial charge in [0.1, 0.15) is 11.6 Å². The van der Waals surface area contributed by atoms with Crippen molar-refractivity contribution in [1.29, 1.82) is 5.26 Å². The summed E-state index contributed by atoms with van der Waals surface area (Å²) in [5, 5.41) is 12.3. The Morgan fingerprint density at radius 1 is 0.886 bits per heavy atom. The number of anilines is 1. The third-order valence-corrected chi connectivity index (χ3v) is 6.15. The van der Waals surface area contributed by atoms with E-state index in [1.54, 1.807) is 30.5 Å². The van der Waals surface area contributed by atoms with Crippen molar-refractivity contribution in [2.24, 2.45) is 0 Å². The van der Waals surface area contributed by atoms with Crippen LogP contribution in [0.15, 0.2) is 96.7 Å². The molecule has 1 aliphatic rings. The van der Waals surface area contributed by atoms with Crippen molar-refractivity contribution in [3.63, 3.8) is 0 Å². The average Bonchev–Trinajstić information content (AvgIpc) is 2.89. The molecule has 3 aromatic rings. The van der Waals surface area contributed by atoms with Crippen LogP contribution in [-0.2, 0) is 4.79 Å². The third-order valence-electron chi connectivity index (χ3n) is 6.15. The van der Waals surface area contributed by atoms with Crippen LogP contribution < -0.4 is 5.32 Å². The van der Waals surface area contributed by atoms with Crippen LogP contribution in [-0.4, -0.2) is 47.7 Å². The Kier molecular flexibility index (Phi) is 7.71. The standard InChI is InChI=1S/C29H28N4O2/c1-22(34)25-13-8-14-27(19-25)31-29(35)26(20-30)21-32-15-17-33(18-16-32)28(23-9-4-2-5-10-23)24-11-6-3-7-12-24/h2-14,19,21,28H,15-18H2,1H3,(H,31,35)/b26-21-. The molecule has 0 aliphatic carbocycles. The highest BCUT2D eigenvalue weighted by atomic mass is 16.1. The van der Waals surface area contributed by atoms with Gasteiger partial charge in [0, 0.05) is 43.6 Å². The van der Waals surface area contributed by atoms with Gasteiger partial charge in [0.2, 0.25) is 0 Å². The fourth-order valence-corrected chi connectivity index (χ4v) is 4.34. The summed E-state index contributed by atoms with van der Waals surface area (Å²) in [7, 11) is 0. The van der Waals surface area contributed by atoms with Crippen LogP contribution in [0.1, 0.15) is 34.5 Å². The van der Waals surface area contributed by atoms with E-state index >= 15 is 0 Å². The molecule has 0 aromatic heterocycles. The average molecular weight is 465 g/mol. The normalized spacial score (nSPS) is 14.4. The Morgan fingerprint density at radius 2 is 1.49 bits per heavy atom. The van der Waals surface area contributed by atoms with E-state index in [1.807, 2.05) is 23.1 Å². The maximum atomic E-state index is 12.7. The second-order valence-corrected chi connectivity index (χ2v) is 8.54. The first-order chi connectivity index (χ1) is 17.0. The van der Waals surface area contributed by atoms with Gasteiger partial charge in [0.05, 0.1) is 6.04 Å². The Morgan fingerprint density at radius 3 is 2.03 bits per heavy atom. The second-order valence-electron chi connectivity index (χ2n) is 8.54. The van der Waals surface area contributed by atoms with Crippen molar-refractivity contribution >= 4 is 17.4 Å². The highest BCUT2D eigenvalue weighted by Crippen LogP contribution is 2.29. The number of piperazine rings is 1. The van der Waals surface area contributed by atoms with E-state index in [0.29, 0.717) is 24.3 Å². The van der Waals surface area contributed by atoms with Gasteiger partial charge >= 0.3 is 0 Å². The molecule has 0 bridgehead atoms. The molecule has 4 rings (SSSR count). The van der Waals surface area contributed by atoms with Gasteiger partial charge in [-0.25, -0.2) is 0 Å². The molecule has 0 saturated carbocycles. The lowest BCUT2D eigenvalue weighted by molar-refractivity contribution is -0.112. The first kappa shape index (κ1) is 23.9. The van der Waals surface area contributed by atoms with Gasteiger partial charge in [-0.05, 0) is 30.2 Å². The Bertz CT molecular complexity index is 1200. The SMILES string of the molecule is CC(=O)c1cccc(NC(=O)/C(C#N)=C\N2CCN(C(c3ccccc3)c3ccccc3)CC2)c1. The van der Waals surface area contributed by atoms with Crippen LogP contribution in [0.3, 0.4) is 0 Å². The number of hydrogen-bond acceptors (Lipinski definition) is 5. The van der Waals surface area contributed by atoms with Crippen molar-refractivity contribution in [2.75, 3.05) is 31.5 Å². The van der Waals surface area contributed by atoms with Crippen molar-refractivity contribution in [3.05, 3.63) is 113 Å². The van der Waals surface area contributed by atoms with Crippen molar-refractivity contribution in [2.45, 2.75) is 13.0 Å². The van der Waals surface area contributed by atoms with Crippen molar-refractivity contribution < 1.29 is 9.59 Å². The molecule has 0 radical (unpaired) electrons. The molecule has 1 aliphatic heterocycles. The Labute approximate surface area is 206 Å². The van der Waals surface area contributed by atoms with Crippen molar-refractivity contribution in [1.82, 2.24) is 9.80 Å². The maximum Gasteiger partial charge on any atom is 0.267 e. The highest BCUT2D eigenvalue weighted by Gasteiger charge is 2.26. The molecule has 0 unspecified atom stereocenters. The largest absolute Gasteiger partial charge is 0.374 e. The molecule has 1 N–H and O–H groups in total. The first-order valence-corrected chi connectivity index (χ1v) is 11.7. The van der Waals surface area contributed by atoms with E-state index in [2.05, 4.69) is 58.7 Å². The number of carbonyl (C=O) groups is 2. The Hall–Kier alpha value is -4.21. The summed E-state index contributed by atoms with van der Waals surface area (Å²) in [6.07, 6.45) is 1.64. The fraction of sp³-hybridized carbons (Fsp3) is 0.207. The molecule has 1 fully saturated rings. The monoisotopic (exact) mass is 464 g/mol. The summed E-state index contributed by atoms with van der Waals surface area (Å²) in [4.78, 5) is 28.8. The summed E-state index contributed by atoms with van der Waals surface area (Å²) in [6.45, 7) is 4.47. The Balaban J connectivity index is 1.44. The van der Waals surface area contributed by atoms with Crippen LogP contribution in [0.4, 0.5) is 5.69 Å². The zero-order chi connectivity index (χ0) is 24.6. The van der Waals surface area contributed by atoms with Crippen LogP contribution >= 0.6 is 0 Å². The highest BCUT2D eigenvalue weighted by molar-refractivity contribution is 6.07. The second kappa shape index (κ2) is 11.3. The van der Waals surface area contributed by atoms with Gasteiger partial charge in [0.15, 0.2) is 5.78 Å². The van der Waals surface area contributed by atoms with Gasteiger partial charge in [-0.2, -0.15) is 5.26 Å². The van der Waals surface area contributed by atoms with E-state index < -0.39 is 5.91 Å². The van der Waals surface area contributed by atoms with Gasteiger partial charge in [-0.15, -0.1) is 0 Å². The minimum Gasteiger partial charge on any atom is -0.374 e. The van der Waals surface area contributed by atoms with Crippen molar-refractivity contribution in [3.8, 4) is 6.07 Å². The quantitative estimate of drug-likeness (QED) is 0.313. The lowest BCUT2D eigenvalue weighted by Crippen LogP contribution is -2.46. The summed E-state index contributed by atoms with van der Waals surface area (Å²) in [5.74, 6) is -0.568. The molecule has 0 spiro atoms. The molecule has 176 valence electrons. The van der Waals surface area contributed by atoms with Crippen LogP contribution in [0.25, 0.3) is 0 Å². The molecule has 6 heteroatoms. The van der Waals surface area contributed by atoms with Crippen LogP contribution in [0, 0.1) is 11.3 Å². The van der Waals surface area contributed by atoms with Gasteiger partial charge in [0.25, 0.3) is 5.91 Å². The molecule has 1 amide bonds. The van der Waals surface area contributed by atoms with E-state index in [0.717, 1.165) is 13.1 Å². The molecular formula is C29H28N4O2. The van der Waals surface area contributed by atoms with E-state index in [-0.39, 0.29) is 17.4 Å². The number of nitriles is 1. The topological polar surface area (TPSA) is 76.4 Å². The van der Waals surface area contributed by atoms with Gasteiger partial charge < -0.3 is 10.2 Å². The number of ketones is 1.